The van der Waals surface area contributed by atoms with Crippen LogP contribution in [0.5, 0.6) is 5.75 Å². The predicted octanol–water partition coefficient (Wildman–Crippen LogP) is 3.34. The number of benzene rings is 2. The molecule has 1 aliphatic heterocycles. The van der Waals surface area contributed by atoms with E-state index in [0.717, 1.165) is 31.7 Å². The van der Waals surface area contributed by atoms with Gasteiger partial charge in [0, 0.05) is 12.2 Å². The smallest absolute Gasteiger partial charge is 0.328 e. The molecule has 30 heavy (non-hydrogen) atoms. The molecule has 0 unspecified atom stereocenters. The number of methoxy groups -OCH3 is 1. The summed E-state index contributed by atoms with van der Waals surface area (Å²) in [5, 5.41) is 19.0. The molecule has 3 N–H and O–H groups in total. The zero-order chi connectivity index (χ0) is 21.8. The summed E-state index contributed by atoms with van der Waals surface area (Å²) in [5.41, 5.74) is 3.68. The number of hydrogen-bond donors (Lipinski definition) is 3. The number of rotatable bonds is 7. The summed E-state index contributed by atoms with van der Waals surface area (Å²) in [5.74, 6) is -1.63. The molecule has 0 atom stereocenters. The van der Waals surface area contributed by atoms with Gasteiger partial charge in [-0.1, -0.05) is 36.4 Å². The van der Waals surface area contributed by atoms with E-state index in [4.69, 9.17) is 19.7 Å². The topological polar surface area (TPSA) is 105 Å². The molecule has 0 amide bonds. The molecule has 2 aromatic rings. The minimum atomic E-state index is -1.26. The average Bonchev–Trinajstić information content (AvgIpc) is 2.78. The van der Waals surface area contributed by atoms with E-state index in [1.54, 1.807) is 7.11 Å². The highest BCUT2D eigenvalue weighted by Crippen LogP contribution is 2.27. The van der Waals surface area contributed by atoms with E-state index in [1.807, 2.05) is 12.1 Å². The number of carboxylic acid groups (broad SMARTS) is 2. The summed E-state index contributed by atoms with van der Waals surface area (Å²) >= 11 is 0. The first-order valence-electron chi connectivity index (χ1n) is 9.68. The minimum Gasteiger partial charge on any atom is -0.497 e. The second kappa shape index (κ2) is 12.4. The summed E-state index contributed by atoms with van der Waals surface area (Å²) in [6, 6.07) is 16.7. The fraction of sp³-hybridized carbons (Fsp3) is 0.304. The lowest BCUT2D eigenvalue weighted by Crippen LogP contribution is -2.32. The first-order valence-corrected chi connectivity index (χ1v) is 9.68. The van der Waals surface area contributed by atoms with Crippen LogP contribution in [-0.4, -0.2) is 48.5 Å². The molecule has 1 aliphatic rings. The number of ether oxygens (including phenoxy) is 2. The van der Waals surface area contributed by atoms with Crippen molar-refractivity contribution in [3.05, 3.63) is 66.2 Å². The Kier molecular flexibility index (Phi) is 9.57. The van der Waals surface area contributed by atoms with E-state index < -0.39 is 11.9 Å². The summed E-state index contributed by atoms with van der Waals surface area (Å²) in [6.45, 7) is 2.79. The molecule has 2 aromatic carbocycles. The van der Waals surface area contributed by atoms with E-state index in [0.29, 0.717) is 24.9 Å². The molecule has 0 spiro atoms. The molecule has 0 aliphatic carbocycles. The van der Waals surface area contributed by atoms with Gasteiger partial charge in [-0.05, 0) is 54.8 Å². The molecule has 0 saturated carbocycles. The molecule has 0 radical (unpaired) electrons. The van der Waals surface area contributed by atoms with Gasteiger partial charge in [0.15, 0.2) is 0 Å². The van der Waals surface area contributed by atoms with Crippen molar-refractivity contribution in [2.75, 3.05) is 20.2 Å². The number of carbonyl (C=O) groups is 2. The van der Waals surface area contributed by atoms with Crippen molar-refractivity contribution in [1.82, 2.24) is 5.32 Å². The fourth-order valence-corrected chi connectivity index (χ4v) is 3.01. The van der Waals surface area contributed by atoms with Gasteiger partial charge in [0.25, 0.3) is 0 Å². The largest absolute Gasteiger partial charge is 0.497 e. The number of piperidine rings is 1. The Morgan fingerprint density at radius 1 is 1.00 bits per heavy atom. The maximum absolute atomic E-state index is 9.55. The highest BCUT2D eigenvalue weighted by Gasteiger charge is 2.14. The summed E-state index contributed by atoms with van der Waals surface area (Å²) in [4.78, 5) is 19.1. The maximum Gasteiger partial charge on any atom is 0.328 e. The van der Waals surface area contributed by atoms with E-state index in [-0.39, 0.29) is 0 Å². The second-order valence-electron chi connectivity index (χ2n) is 6.66. The highest BCUT2D eigenvalue weighted by molar-refractivity contribution is 5.89. The number of aliphatic carboxylic acids is 2. The first kappa shape index (κ1) is 23.1. The van der Waals surface area contributed by atoms with Crippen LogP contribution in [0.15, 0.2) is 60.7 Å². The average molecular weight is 413 g/mol. The Hall–Kier alpha value is -3.16. The predicted molar refractivity (Wildman–Crippen MR) is 114 cm³/mol. The van der Waals surface area contributed by atoms with Gasteiger partial charge < -0.3 is 25.0 Å². The van der Waals surface area contributed by atoms with Crippen LogP contribution in [0, 0.1) is 0 Å². The summed E-state index contributed by atoms with van der Waals surface area (Å²) < 4.78 is 11.3. The molecule has 1 fully saturated rings. The number of carboxylic acids is 2. The van der Waals surface area contributed by atoms with Crippen LogP contribution < -0.4 is 10.1 Å². The first-order chi connectivity index (χ1) is 14.5. The van der Waals surface area contributed by atoms with Gasteiger partial charge in [0.05, 0.1) is 19.8 Å². The summed E-state index contributed by atoms with van der Waals surface area (Å²) in [7, 11) is 1.69. The molecule has 0 aromatic heterocycles. The third-order valence-electron chi connectivity index (χ3n) is 4.55. The van der Waals surface area contributed by atoms with Gasteiger partial charge >= 0.3 is 11.9 Å². The molecule has 160 valence electrons. The Morgan fingerprint density at radius 2 is 1.60 bits per heavy atom. The lowest BCUT2D eigenvalue weighted by atomic mass is 10.00. The lowest BCUT2D eigenvalue weighted by Gasteiger charge is -2.23. The van der Waals surface area contributed by atoms with Gasteiger partial charge in [-0.2, -0.15) is 0 Å². The zero-order valence-corrected chi connectivity index (χ0v) is 16.9. The Balaban J connectivity index is 0.000000343. The van der Waals surface area contributed by atoms with Crippen LogP contribution in [0.2, 0.25) is 0 Å². The molecular formula is C23H27NO6. The van der Waals surface area contributed by atoms with Crippen molar-refractivity contribution >= 4 is 11.9 Å². The summed E-state index contributed by atoms with van der Waals surface area (Å²) in [6.07, 6.45) is 3.70. The molecule has 7 heteroatoms. The third kappa shape index (κ3) is 8.06. The van der Waals surface area contributed by atoms with Crippen LogP contribution in [0.3, 0.4) is 0 Å². The SMILES string of the molecule is COc1ccc(-c2ccccc2COC2CCNCC2)cc1.O=C(O)C=CC(=O)O. The van der Waals surface area contributed by atoms with Crippen LogP contribution in [0.25, 0.3) is 11.1 Å². The number of nitrogens with one attached hydrogen (secondary N) is 1. The second-order valence-corrected chi connectivity index (χ2v) is 6.66. The number of hydrogen-bond acceptors (Lipinski definition) is 5. The van der Waals surface area contributed by atoms with Crippen molar-refractivity contribution in [3.8, 4) is 16.9 Å². The zero-order valence-electron chi connectivity index (χ0n) is 16.9. The van der Waals surface area contributed by atoms with Crippen molar-refractivity contribution in [2.45, 2.75) is 25.6 Å². The van der Waals surface area contributed by atoms with E-state index >= 15 is 0 Å². The Bertz CT molecular complexity index is 825. The molecule has 1 saturated heterocycles. The van der Waals surface area contributed by atoms with Crippen LogP contribution in [0.4, 0.5) is 0 Å². The van der Waals surface area contributed by atoms with Crippen LogP contribution >= 0.6 is 0 Å². The van der Waals surface area contributed by atoms with Crippen molar-refractivity contribution < 1.29 is 29.3 Å². The van der Waals surface area contributed by atoms with E-state index in [1.165, 1.54) is 16.7 Å². The normalized spacial score (nSPS) is 14.0. The Morgan fingerprint density at radius 3 is 2.17 bits per heavy atom. The van der Waals surface area contributed by atoms with Crippen LogP contribution in [-0.2, 0) is 20.9 Å². The maximum atomic E-state index is 9.55. The van der Waals surface area contributed by atoms with Crippen molar-refractivity contribution in [2.24, 2.45) is 0 Å². The van der Waals surface area contributed by atoms with Gasteiger partial charge in [-0.3, -0.25) is 0 Å². The van der Waals surface area contributed by atoms with Crippen molar-refractivity contribution in [3.63, 3.8) is 0 Å². The van der Waals surface area contributed by atoms with Crippen molar-refractivity contribution in [1.29, 1.82) is 0 Å². The minimum absolute atomic E-state index is 0.380. The van der Waals surface area contributed by atoms with Crippen LogP contribution in [0.1, 0.15) is 18.4 Å². The van der Waals surface area contributed by atoms with Gasteiger partial charge in [-0.15, -0.1) is 0 Å². The molecule has 7 nitrogen and oxygen atoms in total. The molecule has 0 bridgehead atoms. The highest BCUT2D eigenvalue weighted by atomic mass is 16.5. The standard InChI is InChI=1S/C19H23NO2.C4H4O4/c1-21-17-8-6-15(7-9-17)19-5-3-2-4-16(19)14-22-18-10-12-20-13-11-18;5-3(6)1-2-4(7)8/h2-9,18,20H,10-14H2,1H3;1-2H,(H,5,6)(H,7,8). The molecule has 3 rings (SSSR count). The van der Waals surface area contributed by atoms with E-state index in [2.05, 4.69) is 41.7 Å². The molecule has 1 heterocycles. The lowest BCUT2D eigenvalue weighted by molar-refractivity contribution is -0.134. The quantitative estimate of drug-likeness (QED) is 0.598. The molecular weight excluding hydrogens is 386 g/mol. The van der Waals surface area contributed by atoms with Gasteiger partial charge in [0.1, 0.15) is 5.75 Å². The van der Waals surface area contributed by atoms with Gasteiger partial charge in [0.2, 0.25) is 0 Å². The Labute approximate surface area is 176 Å². The van der Waals surface area contributed by atoms with Gasteiger partial charge in [-0.25, -0.2) is 9.59 Å². The monoisotopic (exact) mass is 413 g/mol. The third-order valence-corrected chi connectivity index (χ3v) is 4.55. The van der Waals surface area contributed by atoms with E-state index in [9.17, 15) is 9.59 Å². The fourth-order valence-electron chi connectivity index (χ4n) is 3.01.